The minimum Gasteiger partial charge on any atom is -0.382 e. The Morgan fingerprint density at radius 3 is 2.85 bits per heavy atom. The van der Waals surface area contributed by atoms with E-state index in [0.29, 0.717) is 0 Å². The molecule has 0 amide bonds. The Morgan fingerprint density at radius 1 is 1.50 bits per heavy atom. The number of hydrogen-bond acceptors (Lipinski definition) is 4. The fourth-order valence-electron chi connectivity index (χ4n) is 1.95. The van der Waals surface area contributed by atoms with Gasteiger partial charge in [-0.15, -0.1) is 0 Å². The number of aliphatic hydroxyl groups is 1. The normalized spacial score (nSPS) is 15.3. The third-order valence-electron chi connectivity index (χ3n) is 3.17. The highest BCUT2D eigenvalue weighted by atomic mass is 19.1. The maximum Gasteiger partial charge on any atom is 0.137 e. The smallest absolute Gasteiger partial charge is 0.137 e. The van der Waals surface area contributed by atoms with E-state index in [1.54, 1.807) is 0 Å². The molecule has 0 fully saturated rings. The highest BCUT2D eigenvalue weighted by Gasteiger charge is 2.39. The van der Waals surface area contributed by atoms with Gasteiger partial charge in [0.15, 0.2) is 0 Å². The van der Waals surface area contributed by atoms with E-state index in [1.807, 2.05) is 6.07 Å². The van der Waals surface area contributed by atoms with Crippen molar-refractivity contribution in [1.82, 2.24) is 14.8 Å². The zero-order chi connectivity index (χ0) is 14.8. The van der Waals surface area contributed by atoms with Gasteiger partial charge in [-0.05, 0) is 25.1 Å². The van der Waals surface area contributed by atoms with Crippen LogP contribution in [0, 0.1) is 28.9 Å². The van der Waals surface area contributed by atoms with Crippen molar-refractivity contribution in [1.29, 1.82) is 5.26 Å². The first-order valence-corrected chi connectivity index (χ1v) is 5.87. The van der Waals surface area contributed by atoms with E-state index >= 15 is 0 Å². The predicted octanol–water partition coefficient (Wildman–Crippen LogP) is 1.60. The Labute approximate surface area is 114 Å². The number of aromatic nitrogens is 3. The molecule has 1 aromatic heterocycles. The van der Waals surface area contributed by atoms with Crippen LogP contribution in [0.3, 0.4) is 0 Å². The average Bonchev–Trinajstić information content (AvgIpc) is 2.93. The fraction of sp³-hybridized carbons (Fsp3) is 0.308. The molecule has 7 heteroatoms. The van der Waals surface area contributed by atoms with Crippen LogP contribution in [0.25, 0.3) is 0 Å². The van der Waals surface area contributed by atoms with Crippen molar-refractivity contribution < 1.29 is 13.9 Å². The van der Waals surface area contributed by atoms with Gasteiger partial charge in [-0.3, -0.25) is 0 Å². The van der Waals surface area contributed by atoms with Crippen molar-refractivity contribution in [3.63, 3.8) is 0 Å². The summed E-state index contributed by atoms with van der Waals surface area (Å²) in [7, 11) is 0. The van der Waals surface area contributed by atoms with Gasteiger partial charge in [0.25, 0.3) is 0 Å². The van der Waals surface area contributed by atoms with E-state index in [1.165, 1.54) is 24.3 Å². The molecule has 0 saturated carbocycles. The van der Waals surface area contributed by atoms with Crippen molar-refractivity contribution in [3.05, 3.63) is 48.1 Å². The van der Waals surface area contributed by atoms with Crippen LogP contribution < -0.4 is 0 Å². The summed E-state index contributed by atoms with van der Waals surface area (Å²) in [5.74, 6) is -2.44. The third kappa shape index (κ3) is 2.51. The largest absolute Gasteiger partial charge is 0.382 e. The number of rotatable bonds is 4. The Morgan fingerprint density at radius 2 is 2.25 bits per heavy atom. The Hall–Kier alpha value is -2.33. The molecule has 1 heterocycles. The first-order chi connectivity index (χ1) is 9.47. The lowest BCUT2D eigenvalue weighted by Gasteiger charge is -2.31. The summed E-state index contributed by atoms with van der Waals surface area (Å²) >= 11 is 0. The highest BCUT2D eigenvalue weighted by molar-refractivity contribution is 5.27. The molecule has 0 saturated heterocycles. The number of nitriles is 1. The summed E-state index contributed by atoms with van der Waals surface area (Å²) in [5, 5.41) is 23.6. The Kier molecular flexibility index (Phi) is 3.77. The van der Waals surface area contributed by atoms with Gasteiger partial charge >= 0.3 is 0 Å². The molecule has 0 aliphatic rings. The third-order valence-corrected chi connectivity index (χ3v) is 3.17. The SMILES string of the molecule is C[C@@H](C#N)[C@@](O)(Cn1cncn1)c1cc(F)ccc1F. The van der Waals surface area contributed by atoms with Crippen molar-refractivity contribution in [2.24, 2.45) is 5.92 Å². The lowest BCUT2D eigenvalue weighted by molar-refractivity contribution is -0.0199. The summed E-state index contributed by atoms with van der Waals surface area (Å²) < 4.78 is 28.5. The van der Waals surface area contributed by atoms with Gasteiger partial charge in [0.05, 0.1) is 18.5 Å². The van der Waals surface area contributed by atoms with Crippen molar-refractivity contribution in [3.8, 4) is 6.07 Å². The van der Waals surface area contributed by atoms with Gasteiger partial charge in [0.1, 0.15) is 29.9 Å². The van der Waals surface area contributed by atoms with Crippen LogP contribution in [-0.4, -0.2) is 19.9 Å². The second-order valence-electron chi connectivity index (χ2n) is 4.49. The average molecular weight is 278 g/mol. The van der Waals surface area contributed by atoms with Crippen LogP contribution in [0.15, 0.2) is 30.9 Å². The molecule has 0 aliphatic heterocycles. The molecule has 2 aromatic rings. The minimum absolute atomic E-state index is 0.206. The number of hydrogen-bond donors (Lipinski definition) is 1. The highest BCUT2D eigenvalue weighted by Crippen LogP contribution is 2.33. The number of nitrogens with zero attached hydrogens (tertiary/aromatic N) is 4. The molecule has 1 N–H and O–H groups in total. The molecular formula is C13H12F2N4O. The van der Waals surface area contributed by atoms with Crippen LogP contribution in [0.5, 0.6) is 0 Å². The molecule has 20 heavy (non-hydrogen) atoms. The molecule has 2 rings (SSSR count). The quantitative estimate of drug-likeness (QED) is 0.921. The van der Waals surface area contributed by atoms with Crippen molar-refractivity contribution in [2.75, 3.05) is 0 Å². The molecule has 0 bridgehead atoms. The van der Waals surface area contributed by atoms with Crippen LogP contribution in [0.2, 0.25) is 0 Å². The molecular weight excluding hydrogens is 266 g/mol. The summed E-state index contributed by atoms with van der Waals surface area (Å²) in [5.41, 5.74) is -2.18. The van der Waals surface area contributed by atoms with Gasteiger partial charge in [0, 0.05) is 5.56 Å². The number of halogens is 2. The Bertz CT molecular complexity index is 638. The van der Waals surface area contributed by atoms with Gasteiger partial charge in [0.2, 0.25) is 0 Å². The fourth-order valence-corrected chi connectivity index (χ4v) is 1.95. The van der Waals surface area contributed by atoms with E-state index < -0.39 is 23.2 Å². The minimum atomic E-state index is -1.91. The topological polar surface area (TPSA) is 74.7 Å². The van der Waals surface area contributed by atoms with Gasteiger partial charge in [-0.1, -0.05) is 0 Å². The number of benzene rings is 1. The zero-order valence-electron chi connectivity index (χ0n) is 10.7. The van der Waals surface area contributed by atoms with E-state index in [9.17, 15) is 13.9 Å². The van der Waals surface area contributed by atoms with Crippen LogP contribution in [0.4, 0.5) is 8.78 Å². The summed E-state index contributed by atoms with van der Waals surface area (Å²) in [6.07, 6.45) is 2.58. The second kappa shape index (κ2) is 5.35. The van der Waals surface area contributed by atoms with Crippen LogP contribution >= 0.6 is 0 Å². The zero-order valence-corrected chi connectivity index (χ0v) is 10.7. The summed E-state index contributed by atoms with van der Waals surface area (Å²) in [6.45, 7) is 1.23. The lowest BCUT2D eigenvalue weighted by atomic mass is 9.82. The van der Waals surface area contributed by atoms with Crippen LogP contribution in [0.1, 0.15) is 12.5 Å². The van der Waals surface area contributed by atoms with Gasteiger partial charge in [-0.2, -0.15) is 10.4 Å². The summed E-state index contributed by atoms with van der Waals surface area (Å²) in [4.78, 5) is 3.72. The molecule has 0 aliphatic carbocycles. The first kappa shape index (κ1) is 14.1. The van der Waals surface area contributed by atoms with Crippen LogP contribution in [-0.2, 0) is 12.1 Å². The van der Waals surface area contributed by atoms with Crippen molar-refractivity contribution in [2.45, 2.75) is 19.1 Å². The molecule has 1 aromatic carbocycles. The molecule has 0 radical (unpaired) electrons. The Balaban J connectivity index is 2.52. The molecule has 0 spiro atoms. The first-order valence-electron chi connectivity index (χ1n) is 5.87. The van der Waals surface area contributed by atoms with E-state index in [2.05, 4.69) is 10.1 Å². The monoisotopic (exact) mass is 278 g/mol. The summed E-state index contributed by atoms with van der Waals surface area (Å²) in [6, 6.07) is 4.62. The maximum absolute atomic E-state index is 13.9. The van der Waals surface area contributed by atoms with E-state index in [0.717, 1.165) is 18.2 Å². The lowest BCUT2D eigenvalue weighted by Crippen LogP contribution is -2.38. The predicted molar refractivity (Wildman–Crippen MR) is 65.1 cm³/mol. The van der Waals surface area contributed by atoms with E-state index in [-0.39, 0.29) is 12.1 Å². The molecule has 0 unspecified atom stereocenters. The molecule has 5 nitrogen and oxygen atoms in total. The molecule has 104 valence electrons. The van der Waals surface area contributed by atoms with E-state index in [4.69, 9.17) is 5.26 Å². The molecule has 2 atom stereocenters. The second-order valence-corrected chi connectivity index (χ2v) is 4.49. The standard InChI is InChI=1S/C13H12F2N4O/c1-9(5-16)13(20,6-19-8-17-7-18-19)11-4-10(14)2-3-12(11)15/h2-4,7-9,20H,6H2,1H3/t9-,13-/m0/s1. The van der Waals surface area contributed by atoms with Crippen molar-refractivity contribution >= 4 is 0 Å². The van der Waals surface area contributed by atoms with Gasteiger partial charge in [-0.25, -0.2) is 18.4 Å². The maximum atomic E-state index is 13.9. The van der Waals surface area contributed by atoms with Gasteiger partial charge < -0.3 is 5.11 Å².